The Bertz CT molecular complexity index is 1480. The second-order valence-corrected chi connectivity index (χ2v) is 7.32. The van der Waals surface area contributed by atoms with E-state index in [0.29, 0.717) is 28.5 Å². The molecule has 0 spiro atoms. The van der Waals surface area contributed by atoms with Gasteiger partial charge in [-0.15, -0.1) is 5.10 Å². The summed E-state index contributed by atoms with van der Waals surface area (Å²) in [5.41, 5.74) is 2.68. The summed E-state index contributed by atoms with van der Waals surface area (Å²) >= 11 is 0. The molecule has 0 bridgehead atoms. The maximum Gasteiger partial charge on any atom is 0.186 e. The van der Waals surface area contributed by atoms with Gasteiger partial charge in [-0.1, -0.05) is 30.3 Å². The summed E-state index contributed by atoms with van der Waals surface area (Å²) in [7, 11) is 3.14. The molecule has 0 fully saturated rings. The van der Waals surface area contributed by atoms with Gasteiger partial charge in [-0.05, 0) is 6.07 Å². The maximum absolute atomic E-state index is 14.9. The molecule has 0 N–H and O–H groups in total. The van der Waals surface area contributed by atoms with E-state index in [1.165, 1.54) is 47.3 Å². The predicted octanol–water partition coefficient (Wildman–Crippen LogP) is 3.16. The molecule has 10 heteroatoms. The number of pyridine rings is 1. The smallest absolute Gasteiger partial charge is 0.186 e. The minimum absolute atomic E-state index is 0.185. The molecule has 4 heterocycles. The zero-order valence-electron chi connectivity index (χ0n) is 17.8. The van der Waals surface area contributed by atoms with Crippen LogP contribution in [0.1, 0.15) is 16.1 Å². The van der Waals surface area contributed by atoms with Crippen LogP contribution in [0.15, 0.2) is 61.3 Å². The molecular weight excluding hydrogens is 425 g/mol. The first-order valence-electron chi connectivity index (χ1n) is 10.0. The van der Waals surface area contributed by atoms with Gasteiger partial charge in [0.15, 0.2) is 23.0 Å². The Morgan fingerprint density at radius 1 is 1.18 bits per heavy atom. The molecule has 0 amide bonds. The summed E-state index contributed by atoms with van der Waals surface area (Å²) in [6.45, 7) is 0. The number of carbonyl (C=O) groups excluding carboxylic acids is 1. The summed E-state index contributed by atoms with van der Waals surface area (Å²) in [5.74, 6) is 0.00714. The number of aromatic nitrogens is 7. The van der Waals surface area contributed by atoms with E-state index in [0.717, 1.165) is 5.56 Å². The minimum atomic E-state index is -0.552. The van der Waals surface area contributed by atoms with Crippen molar-refractivity contribution in [1.82, 2.24) is 34.3 Å². The summed E-state index contributed by atoms with van der Waals surface area (Å²) in [6.07, 6.45) is 5.45. The van der Waals surface area contributed by atoms with E-state index in [-0.39, 0.29) is 23.5 Å². The number of aryl methyl sites for hydroxylation is 1. The normalized spacial score (nSPS) is 11.1. The van der Waals surface area contributed by atoms with Gasteiger partial charge in [0.2, 0.25) is 0 Å². The average molecular weight is 443 g/mol. The van der Waals surface area contributed by atoms with Gasteiger partial charge < -0.3 is 4.74 Å². The van der Waals surface area contributed by atoms with Crippen LogP contribution in [0, 0.1) is 5.82 Å². The van der Waals surface area contributed by atoms with Crippen LogP contribution in [0.2, 0.25) is 0 Å². The van der Waals surface area contributed by atoms with Crippen LogP contribution in [-0.4, -0.2) is 47.2 Å². The first-order valence-corrected chi connectivity index (χ1v) is 10.0. The molecule has 9 nitrogen and oxygen atoms in total. The summed E-state index contributed by atoms with van der Waals surface area (Å²) in [5, 5.41) is 8.54. The van der Waals surface area contributed by atoms with Crippen LogP contribution in [0.5, 0.6) is 5.75 Å². The molecule has 0 unspecified atom stereocenters. The second-order valence-electron chi connectivity index (χ2n) is 7.32. The van der Waals surface area contributed by atoms with Crippen molar-refractivity contribution in [3.63, 3.8) is 0 Å². The van der Waals surface area contributed by atoms with Crippen LogP contribution in [-0.2, 0) is 13.5 Å². The molecule has 0 saturated carbocycles. The van der Waals surface area contributed by atoms with Crippen molar-refractivity contribution in [2.45, 2.75) is 6.42 Å². The van der Waals surface area contributed by atoms with Crippen molar-refractivity contribution in [1.29, 1.82) is 0 Å². The lowest BCUT2D eigenvalue weighted by Crippen LogP contribution is -2.13. The summed E-state index contributed by atoms with van der Waals surface area (Å²) < 4.78 is 23.0. The lowest BCUT2D eigenvalue weighted by atomic mass is 10.0. The number of rotatable bonds is 6. The highest BCUT2D eigenvalue weighted by Gasteiger charge is 2.23. The number of Topliss-reactive ketones (excluding diaryl/α,β-unsaturated/α-hetero) is 1. The van der Waals surface area contributed by atoms with Crippen LogP contribution < -0.4 is 4.74 Å². The van der Waals surface area contributed by atoms with Gasteiger partial charge in [-0.3, -0.25) is 9.48 Å². The summed E-state index contributed by atoms with van der Waals surface area (Å²) in [4.78, 5) is 25.9. The molecule has 0 saturated heterocycles. The van der Waals surface area contributed by atoms with Crippen molar-refractivity contribution in [2.75, 3.05) is 7.11 Å². The van der Waals surface area contributed by atoms with E-state index in [4.69, 9.17) is 4.74 Å². The van der Waals surface area contributed by atoms with Gasteiger partial charge in [0.25, 0.3) is 0 Å². The monoisotopic (exact) mass is 443 g/mol. The van der Waals surface area contributed by atoms with Gasteiger partial charge in [0.05, 0.1) is 31.3 Å². The van der Waals surface area contributed by atoms with Gasteiger partial charge in [0, 0.05) is 24.6 Å². The van der Waals surface area contributed by atoms with Gasteiger partial charge in [0.1, 0.15) is 23.5 Å². The molecule has 4 aromatic heterocycles. The van der Waals surface area contributed by atoms with E-state index in [9.17, 15) is 9.18 Å². The molecule has 0 radical (unpaired) electrons. The molecule has 33 heavy (non-hydrogen) atoms. The predicted molar refractivity (Wildman–Crippen MR) is 117 cm³/mol. The number of hydrogen-bond donors (Lipinski definition) is 0. The number of halogens is 1. The zero-order valence-corrected chi connectivity index (χ0v) is 17.8. The largest absolute Gasteiger partial charge is 0.493 e. The molecule has 164 valence electrons. The number of fused-ring (bicyclic) bond motifs is 1. The van der Waals surface area contributed by atoms with Crippen LogP contribution >= 0.6 is 0 Å². The average Bonchev–Trinajstić information content (AvgIpc) is 3.42. The molecule has 0 aliphatic rings. The van der Waals surface area contributed by atoms with E-state index in [2.05, 4.69) is 25.1 Å². The van der Waals surface area contributed by atoms with Gasteiger partial charge >= 0.3 is 0 Å². The molecule has 5 aromatic rings. The molecule has 0 aliphatic heterocycles. The van der Waals surface area contributed by atoms with Crippen molar-refractivity contribution < 1.29 is 13.9 Å². The first kappa shape index (κ1) is 20.4. The Kier molecular flexibility index (Phi) is 5.09. The number of ether oxygens (including phenoxy) is 1. The minimum Gasteiger partial charge on any atom is -0.493 e. The number of methoxy groups -OCH3 is 1. The SMILES string of the molecule is COc1cncnc1-c1cnn(C)c1C(=O)Cc1cc2nc(-c3ccccc3)nn2cc1F. The third-order valence-electron chi connectivity index (χ3n) is 5.24. The van der Waals surface area contributed by atoms with Crippen LogP contribution in [0.25, 0.3) is 28.3 Å². The highest BCUT2D eigenvalue weighted by Crippen LogP contribution is 2.30. The van der Waals surface area contributed by atoms with Crippen molar-refractivity contribution in [3.8, 4) is 28.4 Å². The Hall–Kier alpha value is -4.47. The molecule has 5 rings (SSSR count). The van der Waals surface area contributed by atoms with E-state index < -0.39 is 5.82 Å². The van der Waals surface area contributed by atoms with Crippen molar-refractivity contribution in [2.24, 2.45) is 7.05 Å². The Balaban J connectivity index is 1.50. The fourth-order valence-corrected chi connectivity index (χ4v) is 3.66. The van der Waals surface area contributed by atoms with Gasteiger partial charge in [-0.25, -0.2) is 23.9 Å². The van der Waals surface area contributed by atoms with Crippen molar-refractivity contribution >= 4 is 11.4 Å². The number of carbonyl (C=O) groups is 1. The van der Waals surface area contributed by atoms with E-state index in [1.54, 1.807) is 7.05 Å². The number of hydrogen-bond acceptors (Lipinski definition) is 7. The Morgan fingerprint density at radius 3 is 2.79 bits per heavy atom. The third-order valence-corrected chi connectivity index (χ3v) is 5.24. The number of ketones is 1. The molecule has 0 aliphatic carbocycles. The van der Waals surface area contributed by atoms with Crippen LogP contribution in [0.3, 0.4) is 0 Å². The first-order chi connectivity index (χ1) is 16.0. The Labute approximate surface area is 187 Å². The Morgan fingerprint density at radius 2 is 2.00 bits per heavy atom. The zero-order chi connectivity index (χ0) is 22.9. The topological polar surface area (TPSA) is 100 Å². The highest BCUT2D eigenvalue weighted by atomic mass is 19.1. The lowest BCUT2D eigenvalue weighted by molar-refractivity contribution is 0.0983. The standard InChI is InChI=1S/C23H18FN7O2/c1-30-22(16(10-27-30)21-19(33-2)11-25-13-26-21)18(32)8-15-9-20-28-23(14-6-4-3-5-7-14)29-31(20)12-17(15)24/h3-7,9-13H,8H2,1-2H3. The summed E-state index contributed by atoms with van der Waals surface area (Å²) in [6, 6.07) is 10.9. The fourth-order valence-electron chi connectivity index (χ4n) is 3.66. The third kappa shape index (κ3) is 3.71. The van der Waals surface area contributed by atoms with Gasteiger partial charge in [-0.2, -0.15) is 5.10 Å². The number of benzene rings is 1. The number of nitrogens with zero attached hydrogens (tertiary/aromatic N) is 7. The molecular formula is C23H18FN7O2. The quantitative estimate of drug-likeness (QED) is 0.372. The van der Waals surface area contributed by atoms with Crippen LogP contribution in [0.4, 0.5) is 4.39 Å². The second kappa shape index (κ2) is 8.23. The van der Waals surface area contributed by atoms with E-state index >= 15 is 0 Å². The fraction of sp³-hybridized carbons (Fsp3) is 0.130. The molecule has 0 atom stereocenters. The highest BCUT2D eigenvalue weighted by molar-refractivity contribution is 6.02. The lowest BCUT2D eigenvalue weighted by Gasteiger charge is -2.09. The maximum atomic E-state index is 14.9. The van der Waals surface area contributed by atoms with Crippen molar-refractivity contribution in [3.05, 3.63) is 78.4 Å². The van der Waals surface area contributed by atoms with E-state index in [1.807, 2.05) is 30.3 Å². The molecule has 1 aromatic carbocycles.